The van der Waals surface area contributed by atoms with E-state index in [0.717, 1.165) is 0 Å². The molecule has 1 aliphatic heterocycles. The highest BCUT2D eigenvalue weighted by atomic mass is 14.1. The number of fused-ring (bicyclic) bond motifs is 3. The third-order valence-corrected chi connectivity index (χ3v) is 3.14. The highest BCUT2D eigenvalue weighted by Crippen LogP contribution is 2.21. The molecule has 0 amide bonds. The van der Waals surface area contributed by atoms with Crippen LogP contribution in [0.5, 0.6) is 0 Å². The van der Waals surface area contributed by atoms with E-state index in [1.54, 1.807) is 0 Å². The van der Waals surface area contributed by atoms with Gasteiger partial charge in [0, 0.05) is 0 Å². The minimum absolute atomic E-state index is 0.558. The van der Waals surface area contributed by atoms with Crippen LogP contribution in [0.1, 0.15) is 13.8 Å². The van der Waals surface area contributed by atoms with E-state index >= 15 is 0 Å². The van der Waals surface area contributed by atoms with Gasteiger partial charge in [0.05, 0.1) is 0 Å². The summed E-state index contributed by atoms with van der Waals surface area (Å²) in [6, 6.07) is 17.4. The standard InChI is InChI=1S/C13H11B.C2H6/c1-14-12-8-4-2-6-10(12)11-7-3-5-9-13(11)14;1-2/h2-9H,1H3;1-2H3. The Morgan fingerprint density at radius 2 is 1.06 bits per heavy atom. The van der Waals surface area contributed by atoms with Crippen molar-refractivity contribution in [2.75, 3.05) is 0 Å². The van der Waals surface area contributed by atoms with Crippen LogP contribution >= 0.6 is 0 Å². The fourth-order valence-electron chi connectivity index (χ4n) is 2.41. The van der Waals surface area contributed by atoms with Gasteiger partial charge < -0.3 is 0 Å². The maximum Gasteiger partial charge on any atom is 0.207 e. The first-order valence-electron chi connectivity index (χ1n) is 6.06. The first-order chi connectivity index (χ1) is 7.88. The van der Waals surface area contributed by atoms with Gasteiger partial charge in [-0.3, -0.25) is 0 Å². The van der Waals surface area contributed by atoms with Crippen LogP contribution in [0.2, 0.25) is 6.82 Å². The third kappa shape index (κ3) is 1.57. The highest BCUT2D eigenvalue weighted by molar-refractivity contribution is 6.88. The van der Waals surface area contributed by atoms with Crippen molar-refractivity contribution in [1.82, 2.24) is 0 Å². The van der Waals surface area contributed by atoms with Crippen LogP contribution in [0.4, 0.5) is 0 Å². The molecule has 1 heterocycles. The van der Waals surface area contributed by atoms with Gasteiger partial charge in [-0.2, -0.15) is 0 Å². The Morgan fingerprint density at radius 3 is 1.50 bits per heavy atom. The summed E-state index contributed by atoms with van der Waals surface area (Å²) in [7, 11) is 0. The fourth-order valence-corrected chi connectivity index (χ4v) is 2.41. The summed E-state index contributed by atoms with van der Waals surface area (Å²) >= 11 is 0. The molecule has 80 valence electrons. The molecule has 3 rings (SSSR count). The molecule has 0 spiro atoms. The smallest absolute Gasteiger partial charge is 0.0774 e. The van der Waals surface area contributed by atoms with E-state index in [9.17, 15) is 0 Å². The zero-order valence-corrected chi connectivity index (χ0v) is 10.2. The fraction of sp³-hybridized carbons (Fsp3) is 0.200. The van der Waals surface area contributed by atoms with Gasteiger partial charge in [-0.05, 0) is 11.1 Å². The molecule has 0 bridgehead atoms. The van der Waals surface area contributed by atoms with Gasteiger partial charge in [0.2, 0.25) is 6.71 Å². The largest absolute Gasteiger partial charge is 0.207 e. The minimum Gasteiger partial charge on any atom is -0.0774 e. The zero-order chi connectivity index (χ0) is 11.5. The molecule has 2 aromatic carbocycles. The predicted octanol–water partition coefficient (Wildman–Crippen LogP) is 2.93. The second-order valence-corrected chi connectivity index (χ2v) is 3.90. The molecule has 0 aliphatic carbocycles. The molecule has 0 unspecified atom stereocenters. The quantitative estimate of drug-likeness (QED) is 0.584. The van der Waals surface area contributed by atoms with Crippen LogP contribution in [0.25, 0.3) is 11.1 Å². The lowest BCUT2D eigenvalue weighted by molar-refractivity contribution is 1.50. The van der Waals surface area contributed by atoms with Crippen molar-refractivity contribution in [3.8, 4) is 11.1 Å². The average Bonchev–Trinajstić information content (AvgIpc) is 2.67. The van der Waals surface area contributed by atoms with Crippen LogP contribution in [0.3, 0.4) is 0 Å². The number of benzene rings is 2. The zero-order valence-electron chi connectivity index (χ0n) is 10.2. The number of hydrogen-bond donors (Lipinski definition) is 0. The Balaban J connectivity index is 0.000000457. The molecule has 1 heteroatoms. The minimum atomic E-state index is 0.558. The molecule has 0 saturated carbocycles. The van der Waals surface area contributed by atoms with Crippen LogP contribution in [-0.4, -0.2) is 6.71 Å². The molecule has 2 aromatic rings. The first kappa shape index (κ1) is 11.0. The predicted molar refractivity (Wildman–Crippen MR) is 74.1 cm³/mol. The van der Waals surface area contributed by atoms with Crippen LogP contribution in [0, 0.1) is 0 Å². The second-order valence-electron chi connectivity index (χ2n) is 3.90. The molecule has 0 nitrogen and oxygen atoms in total. The number of rotatable bonds is 0. The Hall–Kier alpha value is -1.50. The number of hydrogen-bond acceptors (Lipinski definition) is 0. The van der Waals surface area contributed by atoms with Crippen LogP contribution in [-0.2, 0) is 0 Å². The third-order valence-electron chi connectivity index (χ3n) is 3.14. The lowest BCUT2D eigenvalue weighted by Crippen LogP contribution is -2.34. The second kappa shape index (κ2) is 4.57. The Kier molecular flexibility index (Phi) is 3.14. The first-order valence-corrected chi connectivity index (χ1v) is 6.06. The summed E-state index contributed by atoms with van der Waals surface area (Å²) in [5.74, 6) is 0. The normalized spacial score (nSPS) is 11.3. The SMILES string of the molecule is CB1c2ccccc2-c2ccccc21.CC. The molecule has 0 atom stereocenters. The molecule has 0 aromatic heterocycles. The molecule has 1 aliphatic rings. The summed E-state index contributed by atoms with van der Waals surface area (Å²) in [5, 5.41) is 0. The van der Waals surface area contributed by atoms with E-state index in [1.165, 1.54) is 22.1 Å². The summed E-state index contributed by atoms with van der Waals surface area (Å²) < 4.78 is 0. The van der Waals surface area contributed by atoms with Gasteiger partial charge in [-0.1, -0.05) is 80.1 Å². The van der Waals surface area contributed by atoms with Gasteiger partial charge >= 0.3 is 0 Å². The van der Waals surface area contributed by atoms with Gasteiger partial charge in [-0.25, -0.2) is 0 Å². The van der Waals surface area contributed by atoms with Gasteiger partial charge in [-0.15, -0.1) is 0 Å². The Labute approximate surface area is 98.4 Å². The van der Waals surface area contributed by atoms with E-state index in [4.69, 9.17) is 0 Å². The van der Waals surface area contributed by atoms with Crippen LogP contribution < -0.4 is 10.9 Å². The topological polar surface area (TPSA) is 0 Å². The summed E-state index contributed by atoms with van der Waals surface area (Å²) in [4.78, 5) is 0. The Morgan fingerprint density at radius 1 is 0.688 bits per heavy atom. The maximum absolute atomic E-state index is 2.28. The summed E-state index contributed by atoms with van der Waals surface area (Å²) in [5.41, 5.74) is 5.76. The van der Waals surface area contributed by atoms with Crippen molar-refractivity contribution in [1.29, 1.82) is 0 Å². The van der Waals surface area contributed by atoms with Crippen molar-refractivity contribution in [3.63, 3.8) is 0 Å². The molecule has 0 saturated heterocycles. The van der Waals surface area contributed by atoms with E-state index in [-0.39, 0.29) is 0 Å². The molecule has 16 heavy (non-hydrogen) atoms. The molecule has 0 radical (unpaired) electrons. The van der Waals surface area contributed by atoms with Crippen molar-refractivity contribution in [2.45, 2.75) is 20.7 Å². The van der Waals surface area contributed by atoms with Gasteiger partial charge in [0.1, 0.15) is 0 Å². The van der Waals surface area contributed by atoms with Crippen molar-refractivity contribution in [3.05, 3.63) is 48.5 Å². The van der Waals surface area contributed by atoms with E-state index in [1.807, 2.05) is 13.8 Å². The van der Waals surface area contributed by atoms with E-state index < -0.39 is 0 Å². The lowest BCUT2D eigenvalue weighted by Gasteiger charge is -2.00. The summed E-state index contributed by atoms with van der Waals surface area (Å²) in [6.45, 7) is 6.84. The summed E-state index contributed by atoms with van der Waals surface area (Å²) in [6.07, 6.45) is 0. The van der Waals surface area contributed by atoms with E-state index in [0.29, 0.717) is 6.71 Å². The van der Waals surface area contributed by atoms with Gasteiger partial charge in [0.15, 0.2) is 0 Å². The average molecular weight is 208 g/mol. The Bertz CT molecular complexity index is 443. The molecular weight excluding hydrogens is 191 g/mol. The maximum atomic E-state index is 2.28. The molecule has 0 fully saturated rings. The van der Waals surface area contributed by atoms with Crippen molar-refractivity contribution in [2.24, 2.45) is 0 Å². The monoisotopic (exact) mass is 208 g/mol. The van der Waals surface area contributed by atoms with Gasteiger partial charge in [0.25, 0.3) is 0 Å². The van der Waals surface area contributed by atoms with Crippen LogP contribution in [0.15, 0.2) is 48.5 Å². The highest BCUT2D eigenvalue weighted by Gasteiger charge is 2.26. The molecule has 0 N–H and O–H groups in total. The molecular formula is C15H17B. The lowest BCUT2D eigenvalue weighted by atomic mass is 9.45. The van der Waals surface area contributed by atoms with Crippen molar-refractivity contribution < 1.29 is 0 Å². The van der Waals surface area contributed by atoms with Crippen molar-refractivity contribution >= 4 is 17.6 Å². The van der Waals surface area contributed by atoms with E-state index in [2.05, 4.69) is 55.4 Å².